The van der Waals surface area contributed by atoms with Crippen LogP contribution >= 0.6 is 0 Å². The van der Waals surface area contributed by atoms with E-state index in [9.17, 15) is 4.79 Å². The van der Waals surface area contributed by atoms with Gasteiger partial charge in [0.1, 0.15) is 0 Å². The zero-order valence-corrected chi connectivity index (χ0v) is 8.05. The Morgan fingerprint density at radius 3 is 2.54 bits per heavy atom. The Labute approximate surface area is 78.5 Å². The zero-order valence-electron chi connectivity index (χ0n) is 8.05. The molecule has 0 unspecified atom stereocenters. The number of hydrogen-bond donors (Lipinski definition) is 3. The average Bonchev–Trinajstić information content (AvgIpc) is 2.04. The SMILES string of the molecule is CNC1CCC(N)(CC(=O)O)CC1. The first kappa shape index (κ1) is 10.5. The highest BCUT2D eigenvalue weighted by Crippen LogP contribution is 2.28. The van der Waals surface area contributed by atoms with Crippen LogP contribution in [0, 0.1) is 0 Å². The summed E-state index contributed by atoms with van der Waals surface area (Å²) in [7, 11) is 1.94. The summed E-state index contributed by atoms with van der Waals surface area (Å²) in [5.74, 6) is -0.787. The molecule has 0 aromatic heterocycles. The summed E-state index contributed by atoms with van der Waals surface area (Å²) in [6, 6.07) is 0.519. The van der Waals surface area contributed by atoms with Gasteiger partial charge in [-0.3, -0.25) is 4.79 Å². The second-order valence-corrected chi connectivity index (χ2v) is 4.00. The van der Waals surface area contributed by atoms with Gasteiger partial charge in [-0.15, -0.1) is 0 Å². The Morgan fingerprint density at radius 2 is 2.15 bits per heavy atom. The fourth-order valence-corrected chi connectivity index (χ4v) is 1.96. The number of carbonyl (C=O) groups is 1. The minimum Gasteiger partial charge on any atom is -0.481 e. The first-order valence-electron chi connectivity index (χ1n) is 4.74. The lowest BCUT2D eigenvalue weighted by molar-refractivity contribution is -0.138. The Kier molecular flexibility index (Phi) is 3.27. The van der Waals surface area contributed by atoms with Crippen molar-refractivity contribution in [3.05, 3.63) is 0 Å². The van der Waals surface area contributed by atoms with Crippen molar-refractivity contribution in [2.24, 2.45) is 5.73 Å². The first-order valence-corrected chi connectivity index (χ1v) is 4.74. The third kappa shape index (κ3) is 2.97. The van der Waals surface area contributed by atoms with Crippen molar-refractivity contribution in [3.63, 3.8) is 0 Å². The molecule has 0 aromatic rings. The topological polar surface area (TPSA) is 75.3 Å². The minimum atomic E-state index is -0.787. The number of carboxylic acid groups (broad SMARTS) is 1. The summed E-state index contributed by atoms with van der Waals surface area (Å²) >= 11 is 0. The molecule has 1 fully saturated rings. The summed E-state index contributed by atoms with van der Waals surface area (Å²) in [5, 5.41) is 11.9. The molecule has 0 aromatic carbocycles. The molecule has 4 nitrogen and oxygen atoms in total. The molecule has 0 amide bonds. The van der Waals surface area contributed by atoms with Crippen LogP contribution < -0.4 is 11.1 Å². The molecule has 0 saturated heterocycles. The van der Waals surface area contributed by atoms with Crippen LogP contribution in [0.2, 0.25) is 0 Å². The van der Waals surface area contributed by atoms with E-state index >= 15 is 0 Å². The van der Waals surface area contributed by atoms with Crippen molar-refractivity contribution in [3.8, 4) is 0 Å². The van der Waals surface area contributed by atoms with Gasteiger partial charge in [0.25, 0.3) is 0 Å². The summed E-state index contributed by atoms with van der Waals surface area (Å²) in [6.07, 6.45) is 3.69. The molecule has 0 atom stereocenters. The van der Waals surface area contributed by atoms with Crippen LogP contribution in [0.4, 0.5) is 0 Å². The lowest BCUT2D eigenvalue weighted by Crippen LogP contribution is -2.48. The molecule has 4 heteroatoms. The lowest BCUT2D eigenvalue weighted by atomic mass is 9.78. The van der Waals surface area contributed by atoms with E-state index in [1.54, 1.807) is 0 Å². The maximum atomic E-state index is 10.5. The van der Waals surface area contributed by atoms with Gasteiger partial charge in [0.15, 0.2) is 0 Å². The number of aliphatic carboxylic acids is 1. The van der Waals surface area contributed by atoms with Crippen LogP contribution in [0.5, 0.6) is 0 Å². The summed E-state index contributed by atoms with van der Waals surface area (Å²) in [6.45, 7) is 0. The normalized spacial score (nSPS) is 34.5. The smallest absolute Gasteiger partial charge is 0.305 e. The third-order valence-electron chi connectivity index (χ3n) is 2.89. The highest BCUT2D eigenvalue weighted by atomic mass is 16.4. The maximum Gasteiger partial charge on any atom is 0.305 e. The standard InChI is InChI=1S/C9H18N2O2/c1-11-7-2-4-9(10,5-3-7)6-8(12)13/h7,11H,2-6,10H2,1H3,(H,12,13). The molecule has 1 rings (SSSR count). The molecule has 0 heterocycles. The van der Waals surface area contributed by atoms with Crippen LogP contribution in [0.3, 0.4) is 0 Å². The largest absolute Gasteiger partial charge is 0.481 e. The van der Waals surface area contributed by atoms with E-state index in [2.05, 4.69) is 5.32 Å². The third-order valence-corrected chi connectivity index (χ3v) is 2.89. The van der Waals surface area contributed by atoms with E-state index in [1.807, 2.05) is 7.05 Å². The molecular formula is C9H18N2O2. The Hall–Kier alpha value is -0.610. The molecule has 1 saturated carbocycles. The van der Waals surface area contributed by atoms with Gasteiger partial charge in [-0.1, -0.05) is 0 Å². The molecule has 13 heavy (non-hydrogen) atoms. The van der Waals surface area contributed by atoms with Gasteiger partial charge in [0.2, 0.25) is 0 Å². The fraction of sp³-hybridized carbons (Fsp3) is 0.889. The molecule has 0 bridgehead atoms. The second-order valence-electron chi connectivity index (χ2n) is 4.00. The van der Waals surface area contributed by atoms with Gasteiger partial charge in [-0.25, -0.2) is 0 Å². The number of rotatable bonds is 3. The molecular weight excluding hydrogens is 168 g/mol. The summed E-state index contributed by atoms with van der Waals surface area (Å²) in [5.41, 5.74) is 5.51. The van der Waals surface area contributed by atoms with Crippen molar-refractivity contribution >= 4 is 5.97 Å². The van der Waals surface area contributed by atoms with E-state index in [0.717, 1.165) is 25.7 Å². The Morgan fingerprint density at radius 1 is 1.62 bits per heavy atom. The molecule has 4 N–H and O–H groups in total. The summed E-state index contributed by atoms with van der Waals surface area (Å²) in [4.78, 5) is 10.5. The van der Waals surface area contributed by atoms with Crippen LogP contribution in [0.1, 0.15) is 32.1 Å². The fourth-order valence-electron chi connectivity index (χ4n) is 1.96. The van der Waals surface area contributed by atoms with Gasteiger partial charge < -0.3 is 16.2 Å². The highest BCUT2D eigenvalue weighted by Gasteiger charge is 2.32. The van der Waals surface area contributed by atoms with Crippen molar-refractivity contribution in [1.82, 2.24) is 5.32 Å². The van der Waals surface area contributed by atoms with Crippen LogP contribution in [0.25, 0.3) is 0 Å². The molecule has 0 radical (unpaired) electrons. The monoisotopic (exact) mass is 186 g/mol. The molecule has 1 aliphatic carbocycles. The van der Waals surface area contributed by atoms with Crippen LogP contribution in [0.15, 0.2) is 0 Å². The van der Waals surface area contributed by atoms with Gasteiger partial charge >= 0.3 is 5.97 Å². The van der Waals surface area contributed by atoms with E-state index in [1.165, 1.54) is 0 Å². The number of hydrogen-bond acceptors (Lipinski definition) is 3. The second kappa shape index (κ2) is 4.07. The molecule has 76 valence electrons. The Balaban J connectivity index is 2.41. The predicted molar refractivity (Wildman–Crippen MR) is 50.5 cm³/mol. The van der Waals surface area contributed by atoms with E-state index in [-0.39, 0.29) is 6.42 Å². The van der Waals surface area contributed by atoms with Crippen molar-refractivity contribution in [2.45, 2.75) is 43.7 Å². The van der Waals surface area contributed by atoms with Crippen molar-refractivity contribution in [2.75, 3.05) is 7.05 Å². The number of nitrogens with two attached hydrogens (primary N) is 1. The summed E-state index contributed by atoms with van der Waals surface area (Å²) < 4.78 is 0. The highest BCUT2D eigenvalue weighted by molar-refractivity contribution is 5.68. The first-order chi connectivity index (χ1) is 6.06. The van der Waals surface area contributed by atoms with Crippen molar-refractivity contribution < 1.29 is 9.90 Å². The van der Waals surface area contributed by atoms with Gasteiger partial charge in [-0.2, -0.15) is 0 Å². The van der Waals surface area contributed by atoms with E-state index in [4.69, 9.17) is 10.8 Å². The number of nitrogens with one attached hydrogen (secondary N) is 1. The average molecular weight is 186 g/mol. The number of carboxylic acids is 1. The molecule has 0 aliphatic heterocycles. The zero-order chi connectivity index (χ0) is 9.90. The Bertz CT molecular complexity index is 186. The van der Waals surface area contributed by atoms with E-state index in [0.29, 0.717) is 6.04 Å². The van der Waals surface area contributed by atoms with Gasteiger partial charge in [0.05, 0.1) is 6.42 Å². The van der Waals surface area contributed by atoms with Gasteiger partial charge in [0, 0.05) is 11.6 Å². The lowest BCUT2D eigenvalue weighted by Gasteiger charge is -2.35. The molecule has 1 aliphatic rings. The van der Waals surface area contributed by atoms with Gasteiger partial charge in [-0.05, 0) is 32.7 Å². The predicted octanol–water partition coefficient (Wildman–Crippen LogP) is 0.321. The van der Waals surface area contributed by atoms with Crippen LogP contribution in [-0.2, 0) is 4.79 Å². The van der Waals surface area contributed by atoms with Crippen LogP contribution in [-0.4, -0.2) is 29.7 Å². The quantitative estimate of drug-likeness (QED) is 0.593. The van der Waals surface area contributed by atoms with Crippen molar-refractivity contribution in [1.29, 1.82) is 0 Å². The molecule has 0 spiro atoms. The van der Waals surface area contributed by atoms with E-state index < -0.39 is 11.5 Å². The minimum absolute atomic E-state index is 0.101. The maximum absolute atomic E-state index is 10.5.